The number of alkyl halides is 1. The van der Waals surface area contributed by atoms with Crippen molar-refractivity contribution in [1.82, 2.24) is 0 Å². The van der Waals surface area contributed by atoms with Crippen LogP contribution >= 0.6 is 39.1 Å². The molecule has 0 saturated heterocycles. The van der Waals surface area contributed by atoms with E-state index in [9.17, 15) is 4.39 Å². The van der Waals surface area contributed by atoms with Gasteiger partial charge in [-0.3, -0.25) is 0 Å². The molecule has 0 aliphatic heterocycles. The lowest BCUT2D eigenvalue weighted by molar-refractivity contribution is 0.608. The van der Waals surface area contributed by atoms with E-state index in [0.29, 0.717) is 22.0 Å². The van der Waals surface area contributed by atoms with Crippen LogP contribution in [0.15, 0.2) is 36.4 Å². The zero-order chi connectivity index (χ0) is 14.0. The second kappa shape index (κ2) is 6.25. The van der Waals surface area contributed by atoms with Gasteiger partial charge in [0.25, 0.3) is 0 Å². The zero-order valence-electron chi connectivity index (χ0n) is 10.3. The molecule has 0 aliphatic rings. The second-order valence-corrected chi connectivity index (χ2v) is 6.32. The molecule has 4 heteroatoms. The van der Waals surface area contributed by atoms with Crippen molar-refractivity contribution in [3.05, 3.63) is 69.0 Å². The molecule has 2 rings (SSSR count). The normalized spacial score (nSPS) is 12.5. The average molecular weight is 362 g/mol. The summed E-state index contributed by atoms with van der Waals surface area (Å²) >= 11 is 15.6. The Labute approximate surface area is 130 Å². The molecule has 0 nitrogen and oxygen atoms in total. The number of benzene rings is 2. The second-order valence-electron chi connectivity index (χ2n) is 4.37. The number of rotatable bonds is 3. The van der Waals surface area contributed by atoms with Gasteiger partial charge in [-0.2, -0.15) is 0 Å². The summed E-state index contributed by atoms with van der Waals surface area (Å²) in [6.45, 7) is 2.00. The van der Waals surface area contributed by atoms with Crippen LogP contribution in [0.5, 0.6) is 0 Å². The smallest absolute Gasteiger partial charge is 0.127 e. The van der Waals surface area contributed by atoms with Crippen molar-refractivity contribution in [3.8, 4) is 0 Å². The van der Waals surface area contributed by atoms with Crippen molar-refractivity contribution in [1.29, 1.82) is 0 Å². The highest BCUT2D eigenvalue weighted by atomic mass is 79.9. The summed E-state index contributed by atoms with van der Waals surface area (Å²) in [5.74, 6) is -0.281. The maximum atomic E-state index is 13.8. The van der Waals surface area contributed by atoms with E-state index in [2.05, 4.69) is 15.9 Å². The molecule has 0 heterocycles. The third-order valence-corrected chi connectivity index (χ3v) is 4.43. The summed E-state index contributed by atoms with van der Waals surface area (Å²) in [5, 5.41) is 1.12. The topological polar surface area (TPSA) is 0 Å². The fourth-order valence-electron chi connectivity index (χ4n) is 1.97. The van der Waals surface area contributed by atoms with Crippen molar-refractivity contribution in [2.45, 2.75) is 18.2 Å². The van der Waals surface area contributed by atoms with E-state index in [1.165, 1.54) is 6.07 Å². The van der Waals surface area contributed by atoms with Crippen LogP contribution in [0.4, 0.5) is 4.39 Å². The van der Waals surface area contributed by atoms with Crippen molar-refractivity contribution in [3.63, 3.8) is 0 Å². The molecule has 0 aliphatic carbocycles. The van der Waals surface area contributed by atoms with Crippen LogP contribution in [0.25, 0.3) is 0 Å². The largest absolute Gasteiger partial charge is 0.207 e. The Bertz CT molecular complexity index is 578. The van der Waals surface area contributed by atoms with Gasteiger partial charge in [0.05, 0.1) is 0 Å². The Balaban J connectivity index is 2.31. The first kappa shape index (κ1) is 14.8. The minimum absolute atomic E-state index is 0.0272. The van der Waals surface area contributed by atoms with Crippen LogP contribution in [-0.2, 0) is 6.42 Å². The fourth-order valence-corrected chi connectivity index (χ4v) is 3.20. The average Bonchev–Trinajstić information content (AvgIpc) is 2.37. The van der Waals surface area contributed by atoms with Crippen LogP contribution in [-0.4, -0.2) is 0 Å². The summed E-state index contributed by atoms with van der Waals surface area (Å²) in [7, 11) is 0. The molecule has 0 aromatic heterocycles. The molecule has 0 N–H and O–H groups in total. The van der Waals surface area contributed by atoms with Gasteiger partial charge in [0.15, 0.2) is 0 Å². The first-order valence-electron chi connectivity index (χ1n) is 5.82. The van der Waals surface area contributed by atoms with Crippen LogP contribution in [0, 0.1) is 12.7 Å². The summed E-state index contributed by atoms with van der Waals surface area (Å²) in [5.41, 5.74) is 2.68. The van der Waals surface area contributed by atoms with E-state index in [1.807, 2.05) is 25.1 Å². The Morgan fingerprint density at radius 1 is 1.21 bits per heavy atom. The van der Waals surface area contributed by atoms with Gasteiger partial charge in [-0.15, -0.1) is 0 Å². The minimum atomic E-state index is -0.281. The van der Waals surface area contributed by atoms with Gasteiger partial charge in [0.2, 0.25) is 0 Å². The summed E-state index contributed by atoms with van der Waals surface area (Å²) < 4.78 is 13.8. The van der Waals surface area contributed by atoms with Crippen LogP contribution in [0.1, 0.15) is 21.5 Å². The third-order valence-electron chi connectivity index (χ3n) is 3.02. The summed E-state index contributed by atoms with van der Waals surface area (Å²) in [4.78, 5) is -0.0272. The maximum Gasteiger partial charge on any atom is 0.127 e. The molecule has 2 aromatic carbocycles. The number of aryl methyl sites for hydroxylation is 1. The molecule has 0 saturated carbocycles. The van der Waals surface area contributed by atoms with Crippen LogP contribution in [0.3, 0.4) is 0 Å². The molecular formula is C15H12BrCl2F. The zero-order valence-corrected chi connectivity index (χ0v) is 13.4. The molecule has 0 spiro atoms. The Hall–Kier alpha value is -0.570. The molecule has 2 aromatic rings. The third kappa shape index (κ3) is 3.50. The Morgan fingerprint density at radius 2 is 1.95 bits per heavy atom. The first-order chi connectivity index (χ1) is 8.99. The van der Waals surface area contributed by atoms with Gasteiger partial charge in [-0.25, -0.2) is 4.39 Å². The van der Waals surface area contributed by atoms with Crippen LogP contribution < -0.4 is 0 Å². The van der Waals surface area contributed by atoms with Crippen molar-refractivity contribution < 1.29 is 4.39 Å². The van der Waals surface area contributed by atoms with Crippen LogP contribution in [0.2, 0.25) is 10.0 Å². The van der Waals surface area contributed by atoms with Crippen molar-refractivity contribution in [2.24, 2.45) is 0 Å². The van der Waals surface area contributed by atoms with E-state index in [-0.39, 0.29) is 10.6 Å². The molecule has 0 fully saturated rings. The standard InChI is InChI=1S/C15H12BrCl2F/c1-9-5-6-10(17)7-11(9)13(16)8-12-14(18)3-2-4-15(12)19/h2-7,13H,8H2,1H3. The van der Waals surface area contributed by atoms with Gasteiger partial charge < -0.3 is 0 Å². The van der Waals surface area contributed by atoms with Gasteiger partial charge in [0.1, 0.15) is 5.82 Å². The van der Waals surface area contributed by atoms with E-state index in [4.69, 9.17) is 23.2 Å². The lowest BCUT2D eigenvalue weighted by Crippen LogP contribution is -2.01. The molecule has 1 unspecified atom stereocenters. The lowest BCUT2D eigenvalue weighted by Gasteiger charge is -2.15. The first-order valence-corrected chi connectivity index (χ1v) is 7.49. The number of hydrogen-bond donors (Lipinski definition) is 0. The van der Waals surface area contributed by atoms with E-state index >= 15 is 0 Å². The predicted molar refractivity (Wildman–Crippen MR) is 83.0 cm³/mol. The van der Waals surface area contributed by atoms with Gasteiger partial charge in [0, 0.05) is 20.4 Å². The van der Waals surface area contributed by atoms with E-state index in [0.717, 1.165) is 11.1 Å². The Kier molecular flexibility index (Phi) is 4.88. The lowest BCUT2D eigenvalue weighted by atomic mass is 10.00. The predicted octanol–water partition coefficient (Wildman–Crippen LogP) is 6.12. The summed E-state index contributed by atoms with van der Waals surface area (Å²) in [6.07, 6.45) is 0.479. The molecule has 0 amide bonds. The maximum absolute atomic E-state index is 13.8. The number of halogens is 4. The summed E-state index contributed by atoms with van der Waals surface area (Å²) in [6, 6.07) is 10.4. The fraction of sp³-hybridized carbons (Fsp3) is 0.200. The molecule has 1 atom stereocenters. The van der Waals surface area contributed by atoms with Gasteiger partial charge in [-0.05, 0) is 48.7 Å². The van der Waals surface area contributed by atoms with Gasteiger partial charge >= 0.3 is 0 Å². The van der Waals surface area contributed by atoms with Crippen molar-refractivity contribution >= 4 is 39.1 Å². The Morgan fingerprint density at radius 3 is 2.63 bits per heavy atom. The highest BCUT2D eigenvalue weighted by molar-refractivity contribution is 9.09. The molecule has 0 radical (unpaired) electrons. The quantitative estimate of drug-likeness (QED) is 0.577. The molecule has 19 heavy (non-hydrogen) atoms. The highest BCUT2D eigenvalue weighted by Crippen LogP contribution is 2.34. The van der Waals surface area contributed by atoms with Gasteiger partial charge in [-0.1, -0.05) is 51.3 Å². The minimum Gasteiger partial charge on any atom is -0.207 e. The van der Waals surface area contributed by atoms with E-state index in [1.54, 1.807) is 12.1 Å². The van der Waals surface area contributed by atoms with E-state index < -0.39 is 0 Å². The van der Waals surface area contributed by atoms with Crippen molar-refractivity contribution in [2.75, 3.05) is 0 Å². The molecule has 100 valence electrons. The molecular weight excluding hydrogens is 350 g/mol. The highest BCUT2D eigenvalue weighted by Gasteiger charge is 2.16. The molecule has 0 bridgehead atoms. The SMILES string of the molecule is Cc1ccc(Cl)cc1C(Br)Cc1c(F)cccc1Cl. The number of hydrogen-bond acceptors (Lipinski definition) is 0. The monoisotopic (exact) mass is 360 g/mol.